The summed E-state index contributed by atoms with van der Waals surface area (Å²) in [6.07, 6.45) is 3.00. The molecule has 2 aromatic heterocycles. The van der Waals surface area contributed by atoms with Crippen LogP contribution in [0.5, 0.6) is 0 Å². The molecule has 4 heterocycles. The number of nitrogens with zero attached hydrogens (tertiary/aromatic N) is 4. The Morgan fingerprint density at radius 2 is 2.24 bits per heavy atom. The molecular formula is C18H24N4O3. The first-order valence-corrected chi connectivity index (χ1v) is 8.95. The maximum atomic E-state index is 12.4. The second-order valence-electron chi connectivity index (χ2n) is 7.01. The average molecular weight is 344 g/mol. The first kappa shape index (κ1) is 16.5. The molecular weight excluding hydrogens is 320 g/mol. The maximum Gasteiger partial charge on any atom is 0.267 e. The number of aryl methyl sites for hydroxylation is 2. The van der Waals surface area contributed by atoms with Crippen LogP contribution in [0.15, 0.2) is 15.4 Å². The van der Waals surface area contributed by atoms with Crippen LogP contribution in [-0.2, 0) is 30.9 Å². The lowest BCUT2D eigenvalue weighted by molar-refractivity contribution is 0.107. The molecule has 0 saturated carbocycles. The molecule has 0 radical (unpaired) electrons. The summed E-state index contributed by atoms with van der Waals surface area (Å²) in [6, 6.07) is 2.01. The van der Waals surface area contributed by atoms with Crippen molar-refractivity contribution in [1.29, 1.82) is 0 Å². The van der Waals surface area contributed by atoms with Crippen LogP contribution in [-0.4, -0.2) is 39.0 Å². The van der Waals surface area contributed by atoms with Gasteiger partial charge in [-0.05, 0) is 33.2 Å². The third-order valence-corrected chi connectivity index (χ3v) is 5.33. The highest BCUT2D eigenvalue weighted by atomic mass is 16.5. The molecule has 1 saturated heterocycles. The predicted molar refractivity (Wildman–Crippen MR) is 91.3 cm³/mol. The summed E-state index contributed by atoms with van der Waals surface area (Å²) in [5.41, 5.74) is 4.02. The SMILES string of the molecule is Cc1noc(C)c1CN1CCCC1Cn1nc2c(cc1=O)COCC2. The van der Waals surface area contributed by atoms with Crippen LogP contribution in [0.4, 0.5) is 0 Å². The molecule has 7 heteroatoms. The molecule has 0 aliphatic carbocycles. The summed E-state index contributed by atoms with van der Waals surface area (Å²) in [5.74, 6) is 0.882. The van der Waals surface area contributed by atoms with Gasteiger partial charge in [0, 0.05) is 36.2 Å². The summed E-state index contributed by atoms with van der Waals surface area (Å²) >= 11 is 0. The van der Waals surface area contributed by atoms with Gasteiger partial charge < -0.3 is 9.26 Å². The van der Waals surface area contributed by atoms with Crippen molar-refractivity contribution in [2.75, 3.05) is 13.2 Å². The smallest absolute Gasteiger partial charge is 0.267 e. The van der Waals surface area contributed by atoms with E-state index in [-0.39, 0.29) is 5.56 Å². The van der Waals surface area contributed by atoms with Crippen LogP contribution in [0.2, 0.25) is 0 Å². The molecule has 2 aromatic rings. The number of aromatic nitrogens is 3. The molecule has 7 nitrogen and oxygen atoms in total. The lowest BCUT2D eigenvalue weighted by Gasteiger charge is -2.25. The molecule has 0 bridgehead atoms. The second kappa shape index (κ2) is 6.72. The van der Waals surface area contributed by atoms with E-state index < -0.39 is 0 Å². The largest absolute Gasteiger partial charge is 0.376 e. The van der Waals surface area contributed by atoms with Crippen molar-refractivity contribution in [3.8, 4) is 0 Å². The van der Waals surface area contributed by atoms with Crippen molar-refractivity contribution in [3.05, 3.63) is 44.7 Å². The van der Waals surface area contributed by atoms with Crippen LogP contribution in [0.3, 0.4) is 0 Å². The molecule has 134 valence electrons. The van der Waals surface area contributed by atoms with Gasteiger partial charge in [0.25, 0.3) is 5.56 Å². The van der Waals surface area contributed by atoms with E-state index in [0.29, 0.717) is 25.8 Å². The van der Waals surface area contributed by atoms with Crippen LogP contribution in [0, 0.1) is 13.8 Å². The number of likely N-dealkylation sites (tertiary alicyclic amines) is 1. The fraction of sp³-hybridized carbons (Fsp3) is 0.611. The predicted octanol–water partition coefficient (Wildman–Crippen LogP) is 1.59. The van der Waals surface area contributed by atoms with Gasteiger partial charge >= 0.3 is 0 Å². The number of fused-ring (bicyclic) bond motifs is 1. The molecule has 2 aliphatic heterocycles. The van der Waals surface area contributed by atoms with Gasteiger partial charge in [0.05, 0.1) is 31.1 Å². The Balaban J connectivity index is 1.53. The third-order valence-electron chi connectivity index (χ3n) is 5.33. The highest BCUT2D eigenvalue weighted by Crippen LogP contribution is 2.24. The van der Waals surface area contributed by atoms with Crippen molar-refractivity contribution in [2.45, 2.75) is 58.8 Å². The first-order valence-electron chi connectivity index (χ1n) is 8.95. The minimum atomic E-state index is -0.0339. The summed E-state index contributed by atoms with van der Waals surface area (Å²) in [7, 11) is 0. The number of rotatable bonds is 4. The monoisotopic (exact) mass is 344 g/mol. The van der Waals surface area contributed by atoms with Crippen LogP contribution >= 0.6 is 0 Å². The van der Waals surface area contributed by atoms with E-state index in [4.69, 9.17) is 9.26 Å². The topological polar surface area (TPSA) is 73.4 Å². The zero-order chi connectivity index (χ0) is 17.4. The number of hydrogen-bond acceptors (Lipinski definition) is 6. The minimum absolute atomic E-state index is 0.0339. The van der Waals surface area contributed by atoms with E-state index in [1.807, 2.05) is 13.8 Å². The van der Waals surface area contributed by atoms with Crippen molar-refractivity contribution in [3.63, 3.8) is 0 Å². The maximum absolute atomic E-state index is 12.4. The fourth-order valence-electron chi connectivity index (χ4n) is 3.82. The Morgan fingerprint density at radius 3 is 3.04 bits per heavy atom. The van der Waals surface area contributed by atoms with E-state index in [9.17, 15) is 4.79 Å². The summed E-state index contributed by atoms with van der Waals surface area (Å²) in [4.78, 5) is 14.8. The Kier molecular flexibility index (Phi) is 4.43. The Morgan fingerprint density at radius 1 is 1.36 bits per heavy atom. The van der Waals surface area contributed by atoms with Crippen LogP contribution in [0.1, 0.15) is 41.1 Å². The zero-order valence-corrected chi connectivity index (χ0v) is 14.8. The van der Waals surface area contributed by atoms with Crippen LogP contribution < -0.4 is 5.56 Å². The number of ether oxygens (including phenoxy) is 1. The van der Waals surface area contributed by atoms with E-state index in [2.05, 4.69) is 15.2 Å². The van der Waals surface area contributed by atoms with E-state index in [1.165, 1.54) is 0 Å². The molecule has 2 aliphatic rings. The molecule has 1 unspecified atom stereocenters. The Hall–Kier alpha value is -1.99. The molecule has 0 amide bonds. The van der Waals surface area contributed by atoms with Gasteiger partial charge in [-0.15, -0.1) is 0 Å². The normalized spacial score (nSPS) is 20.8. The lowest BCUT2D eigenvalue weighted by Crippen LogP contribution is -2.37. The molecule has 0 spiro atoms. The molecule has 25 heavy (non-hydrogen) atoms. The van der Waals surface area contributed by atoms with Gasteiger partial charge in [0.2, 0.25) is 0 Å². The molecule has 0 N–H and O–H groups in total. The summed E-state index contributed by atoms with van der Waals surface area (Å²) < 4.78 is 12.3. The van der Waals surface area contributed by atoms with Crippen molar-refractivity contribution in [2.24, 2.45) is 0 Å². The van der Waals surface area contributed by atoms with Crippen molar-refractivity contribution < 1.29 is 9.26 Å². The van der Waals surface area contributed by atoms with Gasteiger partial charge in [-0.25, -0.2) is 4.68 Å². The van der Waals surface area contributed by atoms with E-state index in [0.717, 1.165) is 60.6 Å². The number of hydrogen-bond donors (Lipinski definition) is 0. The van der Waals surface area contributed by atoms with Gasteiger partial charge in [-0.2, -0.15) is 5.10 Å². The van der Waals surface area contributed by atoms with Gasteiger partial charge in [0.15, 0.2) is 0 Å². The molecule has 1 atom stereocenters. The second-order valence-corrected chi connectivity index (χ2v) is 7.01. The van der Waals surface area contributed by atoms with Gasteiger partial charge in [0.1, 0.15) is 5.76 Å². The quantitative estimate of drug-likeness (QED) is 0.838. The lowest BCUT2D eigenvalue weighted by atomic mass is 10.1. The minimum Gasteiger partial charge on any atom is -0.376 e. The van der Waals surface area contributed by atoms with E-state index in [1.54, 1.807) is 10.7 Å². The average Bonchev–Trinajstić information content (AvgIpc) is 3.17. The Labute approximate surface area is 146 Å². The zero-order valence-electron chi connectivity index (χ0n) is 14.8. The first-order chi connectivity index (χ1) is 12.1. The Bertz CT molecular complexity index is 807. The molecule has 4 rings (SSSR count). The van der Waals surface area contributed by atoms with Crippen LogP contribution in [0.25, 0.3) is 0 Å². The molecule has 1 fully saturated rings. The van der Waals surface area contributed by atoms with E-state index >= 15 is 0 Å². The van der Waals surface area contributed by atoms with Crippen molar-refractivity contribution in [1.82, 2.24) is 19.8 Å². The van der Waals surface area contributed by atoms with Crippen molar-refractivity contribution >= 4 is 0 Å². The summed E-state index contributed by atoms with van der Waals surface area (Å²) in [6.45, 7) is 7.60. The highest BCUT2D eigenvalue weighted by Gasteiger charge is 2.27. The summed E-state index contributed by atoms with van der Waals surface area (Å²) in [5, 5.41) is 8.66. The fourth-order valence-corrected chi connectivity index (χ4v) is 3.82. The van der Waals surface area contributed by atoms with Gasteiger partial charge in [-0.3, -0.25) is 9.69 Å². The highest BCUT2D eigenvalue weighted by molar-refractivity contribution is 5.21. The third kappa shape index (κ3) is 3.26. The standard InChI is InChI=1S/C18H24N4O3/c1-12-16(13(2)25-20-12)10-21-6-3-4-15(21)9-22-18(23)8-14-11-24-7-5-17(14)19-22/h8,15H,3-7,9-11H2,1-2H3. The molecule has 0 aromatic carbocycles. The van der Waals surface area contributed by atoms with Gasteiger partial charge in [-0.1, -0.05) is 5.16 Å².